The molecule has 2 N–H and O–H groups in total. The summed E-state index contributed by atoms with van der Waals surface area (Å²) in [5.41, 5.74) is 8.40. The summed E-state index contributed by atoms with van der Waals surface area (Å²) in [6, 6.07) is 14.5. The molecule has 0 aliphatic heterocycles. The van der Waals surface area contributed by atoms with E-state index in [2.05, 4.69) is 37.3 Å². The van der Waals surface area contributed by atoms with Crippen LogP contribution in [0.4, 0.5) is 0 Å². The Morgan fingerprint density at radius 2 is 1.89 bits per heavy atom. The number of hydrogen-bond acceptors (Lipinski definition) is 2. The summed E-state index contributed by atoms with van der Waals surface area (Å²) in [6.45, 7) is 4.13. The lowest BCUT2D eigenvalue weighted by Gasteiger charge is -2.14. The molecule has 1 nitrogen and oxygen atoms in total. The molecule has 2 rings (SSSR count). The van der Waals surface area contributed by atoms with Gasteiger partial charge in [-0.25, -0.2) is 0 Å². The second kappa shape index (κ2) is 6.47. The lowest BCUT2D eigenvalue weighted by atomic mass is 10.1. The van der Waals surface area contributed by atoms with Gasteiger partial charge in [0.15, 0.2) is 0 Å². The van der Waals surface area contributed by atoms with Crippen LogP contribution in [0.1, 0.15) is 18.1 Å². The smallest absolute Gasteiger partial charge is 0.0548 e. The van der Waals surface area contributed by atoms with E-state index in [9.17, 15) is 0 Å². The number of aryl methyl sites for hydroxylation is 1. The van der Waals surface area contributed by atoms with Crippen molar-refractivity contribution in [2.24, 2.45) is 5.73 Å². The van der Waals surface area contributed by atoms with Crippen molar-refractivity contribution < 1.29 is 0 Å². The molecule has 0 bridgehead atoms. The van der Waals surface area contributed by atoms with Gasteiger partial charge in [-0.3, -0.25) is 0 Å². The molecule has 19 heavy (non-hydrogen) atoms. The van der Waals surface area contributed by atoms with Crippen LogP contribution in [0, 0.1) is 6.92 Å². The standard InChI is InChI=1S/C16H18ClNS/c1-11-6-3-4-9-15(11)19-16-13(10-12(2)18)7-5-8-14(16)17/h3-9,12H,10,18H2,1-2H3. The van der Waals surface area contributed by atoms with Gasteiger partial charge in [-0.05, 0) is 43.5 Å². The lowest BCUT2D eigenvalue weighted by molar-refractivity contribution is 0.729. The van der Waals surface area contributed by atoms with Gasteiger partial charge in [-0.15, -0.1) is 0 Å². The predicted molar refractivity (Wildman–Crippen MR) is 84.1 cm³/mol. The first-order chi connectivity index (χ1) is 9.08. The van der Waals surface area contributed by atoms with Crippen molar-refractivity contribution in [2.45, 2.75) is 36.1 Å². The summed E-state index contributed by atoms with van der Waals surface area (Å²) in [4.78, 5) is 2.36. The molecule has 0 fully saturated rings. The van der Waals surface area contributed by atoms with E-state index in [0.29, 0.717) is 0 Å². The van der Waals surface area contributed by atoms with Gasteiger partial charge in [0.1, 0.15) is 0 Å². The Morgan fingerprint density at radius 1 is 1.16 bits per heavy atom. The Kier molecular flexibility index (Phi) is 4.92. The summed E-state index contributed by atoms with van der Waals surface area (Å²) in [5, 5.41) is 0.798. The average molecular weight is 292 g/mol. The molecular formula is C16H18ClNS. The molecular weight excluding hydrogens is 274 g/mol. The van der Waals surface area contributed by atoms with Gasteiger partial charge in [-0.2, -0.15) is 0 Å². The maximum Gasteiger partial charge on any atom is 0.0548 e. The summed E-state index contributed by atoms with van der Waals surface area (Å²) in [6.07, 6.45) is 0.842. The first kappa shape index (κ1) is 14.4. The average Bonchev–Trinajstić information content (AvgIpc) is 2.35. The van der Waals surface area contributed by atoms with Crippen LogP contribution in [0.2, 0.25) is 5.02 Å². The number of halogens is 1. The van der Waals surface area contributed by atoms with Crippen molar-refractivity contribution in [3.05, 3.63) is 58.6 Å². The molecule has 100 valence electrons. The summed E-state index contributed by atoms with van der Waals surface area (Å²) < 4.78 is 0. The summed E-state index contributed by atoms with van der Waals surface area (Å²) in [5.74, 6) is 0. The van der Waals surface area contributed by atoms with Gasteiger partial charge < -0.3 is 5.73 Å². The van der Waals surface area contributed by atoms with Gasteiger partial charge in [0.2, 0.25) is 0 Å². The molecule has 0 aromatic heterocycles. The maximum atomic E-state index is 6.35. The van der Waals surface area contributed by atoms with Crippen LogP contribution in [0.3, 0.4) is 0 Å². The third-order valence-corrected chi connectivity index (χ3v) is 4.69. The fraction of sp³-hybridized carbons (Fsp3) is 0.250. The zero-order valence-corrected chi connectivity index (χ0v) is 12.8. The number of rotatable bonds is 4. The van der Waals surface area contributed by atoms with Crippen LogP contribution >= 0.6 is 23.4 Å². The molecule has 3 heteroatoms. The number of benzene rings is 2. The zero-order valence-electron chi connectivity index (χ0n) is 11.2. The Labute approximate surface area is 124 Å². The minimum absolute atomic E-state index is 0.134. The first-order valence-corrected chi connectivity index (χ1v) is 7.54. The molecule has 0 saturated heterocycles. The van der Waals surface area contributed by atoms with Crippen molar-refractivity contribution in [2.75, 3.05) is 0 Å². The van der Waals surface area contributed by atoms with E-state index in [1.165, 1.54) is 16.0 Å². The molecule has 0 heterocycles. The Balaban J connectivity index is 2.36. The number of nitrogens with two attached hydrogens (primary N) is 1. The van der Waals surface area contributed by atoms with Gasteiger partial charge in [-0.1, -0.05) is 53.7 Å². The van der Waals surface area contributed by atoms with Crippen LogP contribution in [-0.4, -0.2) is 6.04 Å². The molecule has 0 radical (unpaired) electrons. The SMILES string of the molecule is Cc1ccccc1Sc1c(Cl)cccc1CC(C)N. The highest BCUT2D eigenvalue weighted by Crippen LogP contribution is 2.37. The number of hydrogen-bond donors (Lipinski definition) is 1. The second-order valence-corrected chi connectivity index (χ2v) is 6.24. The second-order valence-electron chi connectivity index (χ2n) is 4.78. The highest BCUT2D eigenvalue weighted by molar-refractivity contribution is 7.99. The summed E-state index contributed by atoms with van der Waals surface area (Å²) >= 11 is 8.08. The van der Waals surface area contributed by atoms with Crippen LogP contribution in [0.25, 0.3) is 0 Å². The highest BCUT2D eigenvalue weighted by atomic mass is 35.5. The topological polar surface area (TPSA) is 26.0 Å². The fourth-order valence-electron chi connectivity index (χ4n) is 1.96. The molecule has 0 saturated carbocycles. The van der Waals surface area contributed by atoms with Crippen molar-refractivity contribution in [3.8, 4) is 0 Å². The van der Waals surface area contributed by atoms with E-state index in [1.807, 2.05) is 19.1 Å². The Bertz CT molecular complexity index is 566. The maximum absolute atomic E-state index is 6.35. The molecule has 0 aliphatic rings. The van der Waals surface area contributed by atoms with Crippen molar-refractivity contribution in [1.29, 1.82) is 0 Å². The minimum atomic E-state index is 0.134. The summed E-state index contributed by atoms with van der Waals surface area (Å²) in [7, 11) is 0. The lowest BCUT2D eigenvalue weighted by Crippen LogP contribution is -2.18. The third kappa shape index (κ3) is 3.75. The molecule has 0 spiro atoms. The van der Waals surface area contributed by atoms with Crippen LogP contribution < -0.4 is 5.73 Å². The van der Waals surface area contributed by atoms with E-state index < -0.39 is 0 Å². The van der Waals surface area contributed by atoms with E-state index in [0.717, 1.165) is 16.3 Å². The fourth-order valence-corrected chi connectivity index (χ4v) is 3.31. The van der Waals surface area contributed by atoms with E-state index >= 15 is 0 Å². The minimum Gasteiger partial charge on any atom is -0.328 e. The van der Waals surface area contributed by atoms with E-state index in [4.69, 9.17) is 17.3 Å². The van der Waals surface area contributed by atoms with Gasteiger partial charge in [0.05, 0.1) is 5.02 Å². The molecule has 2 aromatic carbocycles. The molecule has 0 amide bonds. The molecule has 2 aromatic rings. The highest BCUT2D eigenvalue weighted by Gasteiger charge is 2.11. The van der Waals surface area contributed by atoms with E-state index in [1.54, 1.807) is 11.8 Å². The van der Waals surface area contributed by atoms with Gasteiger partial charge >= 0.3 is 0 Å². The van der Waals surface area contributed by atoms with Gasteiger partial charge in [0.25, 0.3) is 0 Å². The Hall–Kier alpha value is -0.960. The van der Waals surface area contributed by atoms with Crippen LogP contribution in [0.5, 0.6) is 0 Å². The quantitative estimate of drug-likeness (QED) is 0.884. The largest absolute Gasteiger partial charge is 0.328 e. The third-order valence-electron chi connectivity index (χ3n) is 2.90. The molecule has 0 aliphatic carbocycles. The Morgan fingerprint density at radius 3 is 2.58 bits per heavy atom. The zero-order chi connectivity index (χ0) is 13.8. The first-order valence-electron chi connectivity index (χ1n) is 6.34. The molecule has 1 unspecified atom stereocenters. The normalized spacial score (nSPS) is 12.4. The van der Waals surface area contributed by atoms with Crippen LogP contribution in [0.15, 0.2) is 52.3 Å². The van der Waals surface area contributed by atoms with Crippen molar-refractivity contribution in [1.82, 2.24) is 0 Å². The molecule has 1 atom stereocenters. The van der Waals surface area contributed by atoms with Crippen LogP contribution in [-0.2, 0) is 6.42 Å². The van der Waals surface area contributed by atoms with Crippen molar-refractivity contribution in [3.63, 3.8) is 0 Å². The van der Waals surface area contributed by atoms with E-state index in [-0.39, 0.29) is 6.04 Å². The monoisotopic (exact) mass is 291 g/mol. The predicted octanol–water partition coefficient (Wildman–Crippen LogP) is 4.69. The van der Waals surface area contributed by atoms with Crippen molar-refractivity contribution >= 4 is 23.4 Å². The van der Waals surface area contributed by atoms with Gasteiger partial charge in [0, 0.05) is 15.8 Å².